The summed E-state index contributed by atoms with van der Waals surface area (Å²) in [7, 11) is 0. The van der Waals surface area contributed by atoms with E-state index in [1.165, 1.54) is 0 Å². The molecule has 0 bridgehead atoms. The Labute approximate surface area is 127 Å². The molecule has 19 heavy (non-hydrogen) atoms. The molecule has 0 aliphatic carbocycles. The average Bonchev–Trinajstić information content (AvgIpc) is 2.38. The molecule has 0 aromatic heterocycles. The van der Waals surface area contributed by atoms with Crippen molar-refractivity contribution < 1.29 is 19.1 Å². The number of carbonyl (C=O) groups excluding carboxylic acids is 2. The number of unbranched alkanes of at least 4 members (excludes halogenated alkanes) is 2. The molecule has 0 rings (SSSR count). The number of carbonyl (C=O) groups is 2. The van der Waals surface area contributed by atoms with Crippen LogP contribution in [0.3, 0.4) is 0 Å². The topological polar surface area (TPSA) is 52.6 Å². The van der Waals surface area contributed by atoms with E-state index in [9.17, 15) is 9.59 Å². The van der Waals surface area contributed by atoms with Crippen LogP contribution in [-0.4, -0.2) is 46.3 Å². The summed E-state index contributed by atoms with van der Waals surface area (Å²) in [5, 5.41) is 0. The Kier molecular flexibility index (Phi) is 19.1. The van der Waals surface area contributed by atoms with E-state index in [0.717, 1.165) is 37.8 Å². The van der Waals surface area contributed by atoms with Crippen LogP contribution in [0.4, 0.5) is 0 Å². The summed E-state index contributed by atoms with van der Waals surface area (Å²) in [5.41, 5.74) is 0. The zero-order valence-electron chi connectivity index (χ0n) is 12.5. The van der Waals surface area contributed by atoms with Crippen LogP contribution in [0, 0.1) is 0 Å². The first kappa shape index (κ1) is 20.8. The Morgan fingerprint density at radius 3 is 1.47 bits per heavy atom. The van der Waals surface area contributed by atoms with Crippen molar-refractivity contribution in [3.8, 4) is 0 Å². The van der Waals surface area contributed by atoms with Gasteiger partial charge in [0.1, 0.15) is 0 Å². The molecule has 0 aromatic carbocycles. The SMILES string of the molecule is CCCCOC(=O)/C=C\C(=O)OCCCC.[CH3][Sn][CH3]. The van der Waals surface area contributed by atoms with Crippen LogP contribution >= 0.6 is 0 Å². The predicted octanol–water partition coefficient (Wildman–Crippen LogP) is 3.02. The van der Waals surface area contributed by atoms with Crippen LogP contribution in [0.5, 0.6) is 0 Å². The van der Waals surface area contributed by atoms with Crippen molar-refractivity contribution in [1.29, 1.82) is 0 Å². The molecule has 0 saturated heterocycles. The fourth-order valence-electron chi connectivity index (χ4n) is 0.867. The van der Waals surface area contributed by atoms with Crippen LogP contribution in [-0.2, 0) is 19.1 Å². The van der Waals surface area contributed by atoms with Crippen LogP contribution in [0.15, 0.2) is 12.2 Å². The van der Waals surface area contributed by atoms with Crippen molar-refractivity contribution in [2.45, 2.75) is 49.4 Å². The molecule has 4 nitrogen and oxygen atoms in total. The van der Waals surface area contributed by atoms with E-state index in [4.69, 9.17) is 9.47 Å². The molecular formula is C14H26O4Sn. The molecule has 0 aromatic rings. The van der Waals surface area contributed by atoms with Crippen molar-refractivity contribution in [1.82, 2.24) is 0 Å². The van der Waals surface area contributed by atoms with Crippen molar-refractivity contribution >= 4 is 33.1 Å². The molecule has 0 amide bonds. The van der Waals surface area contributed by atoms with Gasteiger partial charge in [0.2, 0.25) is 0 Å². The predicted molar refractivity (Wildman–Crippen MR) is 78.4 cm³/mol. The summed E-state index contributed by atoms with van der Waals surface area (Å²) in [6.07, 6.45) is 5.81. The van der Waals surface area contributed by atoms with Gasteiger partial charge in [-0.15, -0.1) is 0 Å². The molecule has 0 aliphatic heterocycles. The maximum absolute atomic E-state index is 11.0. The van der Waals surface area contributed by atoms with E-state index < -0.39 is 11.9 Å². The Balaban J connectivity index is 0. The molecule has 0 aliphatic rings. The quantitative estimate of drug-likeness (QED) is 0.283. The fraction of sp³-hybridized carbons (Fsp3) is 0.714. The minimum atomic E-state index is -0.499. The molecule has 0 atom stereocenters. The number of esters is 2. The molecule has 110 valence electrons. The first-order chi connectivity index (χ1) is 9.12. The van der Waals surface area contributed by atoms with Gasteiger partial charge in [0.05, 0.1) is 13.2 Å². The zero-order chi connectivity index (χ0) is 14.9. The molecule has 0 unspecified atom stereocenters. The Morgan fingerprint density at radius 1 is 0.895 bits per heavy atom. The first-order valence-electron chi connectivity index (χ1n) is 6.72. The maximum atomic E-state index is 11.0. The van der Waals surface area contributed by atoms with E-state index >= 15 is 0 Å². The summed E-state index contributed by atoms with van der Waals surface area (Å²) >= 11 is 0.230. The van der Waals surface area contributed by atoms with Gasteiger partial charge in [-0.2, -0.15) is 0 Å². The van der Waals surface area contributed by atoms with Crippen molar-refractivity contribution in [3.63, 3.8) is 0 Å². The Morgan fingerprint density at radius 2 is 1.21 bits per heavy atom. The third-order valence-electron chi connectivity index (χ3n) is 1.84. The Hall–Kier alpha value is -0.521. The van der Waals surface area contributed by atoms with E-state index in [-0.39, 0.29) is 21.1 Å². The summed E-state index contributed by atoms with van der Waals surface area (Å²) < 4.78 is 9.65. The van der Waals surface area contributed by atoms with Crippen LogP contribution in [0.25, 0.3) is 0 Å². The number of ether oxygens (including phenoxy) is 2. The Bertz CT molecular complexity index is 228. The second kappa shape index (κ2) is 17.5. The van der Waals surface area contributed by atoms with Gasteiger partial charge >= 0.3 is 43.0 Å². The molecule has 0 fully saturated rings. The molecular weight excluding hydrogens is 351 g/mol. The fourth-order valence-corrected chi connectivity index (χ4v) is 0.867. The van der Waals surface area contributed by atoms with Gasteiger partial charge in [0.15, 0.2) is 0 Å². The third-order valence-corrected chi connectivity index (χ3v) is 1.84. The van der Waals surface area contributed by atoms with Gasteiger partial charge in [0, 0.05) is 12.2 Å². The van der Waals surface area contributed by atoms with Gasteiger partial charge in [-0.1, -0.05) is 26.7 Å². The third kappa shape index (κ3) is 20.0. The number of hydrogen-bond donors (Lipinski definition) is 0. The van der Waals surface area contributed by atoms with Gasteiger partial charge in [-0.25, -0.2) is 9.59 Å². The number of rotatable bonds is 8. The van der Waals surface area contributed by atoms with Crippen LogP contribution in [0.1, 0.15) is 39.5 Å². The van der Waals surface area contributed by atoms with Gasteiger partial charge in [-0.05, 0) is 12.8 Å². The summed E-state index contributed by atoms with van der Waals surface area (Å²) in [5.74, 6) is -0.998. The summed E-state index contributed by atoms with van der Waals surface area (Å²) in [6.45, 7) is 4.80. The van der Waals surface area contributed by atoms with Gasteiger partial charge in [0.25, 0.3) is 0 Å². The van der Waals surface area contributed by atoms with E-state index in [1.54, 1.807) is 0 Å². The number of hydrogen-bond acceptors (Lipinski definition) is 4. The molecule has 5 heteroatoms. The van der Waals surface area contributed by atoms with E-state index in [0.29, 0.717) is 13.2 Å². The monoisotopic (exact) mass is 378 g/mol. The molecule has 0 heterocycles. The second-order valence-electron chi connectivity index (χ2n) is 3.88. The van der Waals surface area contributed by atoms with Gasteiger partial charge in [-0.3, -0.25) is 0 Å². The van der Waals surface area contributed by atoms with Crippen LogP contribution < -0.4 is 0 Å². The van der Waals surface area contributed by atoms with Crippen molar-refractivity contribution in [2.75, 3.05) is 13.2 Å². The molecule has 2 radical (unpaired) electrons. The summed E-state index contributed by atoms with van der Waals surface area (Å²) in [4.78, 5) is 26.7. The second-order valence-corrected chi connectivity index (χ2v) is 6.73. The molecule has 0 N–H and O–H groups in total. The normalized spacial score (nSPS) is 9.68. The minimum absolute atomic E-state index is 0.230. The standard InChI is InChI=1S/C12H20O4.2CH3.Sn/c1-3-5-9-15-11(13)7-8-12(14)16-10-6-4-2;;;/h7-8H,3-6,9-10H2,1-2H3;2*1H3;/b8-7-;;;. The van der Waals surface area contributed by atoms with Crippen molar-refractivity contribution in [3.05, 3.63) is 12.2 Å². The molecule has 0 saturated carbocycles. The van der Waals surface area contributed by atoms with E-state index in [2.05, 4.69) is 9.88 Å². The van der Waals surface area contributed by atoms with E-state index in [1.807, 2.05) is 13.8 Å². The zero-order valence-corrected chi connectivity index (χ0v) is 15.4. The summed E-state index contributed by atoms with van der Waals surface area (Å²) in [6, 6.07) is 0. The molecule has 0 spiro atoms. The average molecular weight is 377 g/mol. The van der Waals surface area contributed by atoms with Gasteiger partial charge < -0.3 is 9.47 Å². The first-order valence-corrected chi connectivity index (χ1v) is 12.4. The van der Waals surface area contributed by atoms with Crippen molar-refractivity contribution in [2.24, 2.45) is 0 Å². The van der Waals surface area contributed by atoms with Crippen LogP contribution in [0.2, 0.25) is 9.88 Å².